The van der Waals surface area contributed by atoms with E-state index in [1.54, 1.807) is 6.07 Å². The van der Waals surface area contributed by atoms with Crippen LogP contribution in [0.25, 0.3) is 0 Å². The van der Waals surface area contributed by atoms with Gasteiger partial charge in [0.25, 0.3) is 0 Å². The molecule has 4 rings (SSSR count). The monoisotopic (exact) mass is 354 g/mol. The van der Waals surface area contributed by atoms with Crippen LogP contribution in [-0.4, -0.2) is 24.3 Å². The molecule has 138 valence electrons. The Morgan fingerprint density at radius 1 is 1.08 bits per heavy atom. The number of nitrogens with zero attached hydrogens (tertiary/aromatic N) is 1. The Labute approximate surface area is 154 Å². The molecule has 2 unspecified atom stereocenters. The van der Waals surface area contributed by atoms with E-state index in [0.717, 1.165) is 36.2 Å². The van der Waals surface area contributed by atoms with Gasteiger partial charge >= 0.3 is 0 Å². The molecule has 3 nitrogen and oxygen atoms in total. The molecule has 2 atom stereocenters. The average Bonchev–Trinajstić information content (AvgIpc) is 2.96. The van der Waals surface area contributed by atoms with Crippen molar-refractivity contribution < 1.29 is 9.50 Å². The SMILES string of the molecule is NCC(O)C(c1ccccc1)N1CC2(CCCCC2)c2cc(F)ccc21. The molecule has 2 aromatic rings. The maximum absolute atomic E-state index is 14.1. The lowest BCUT2D eigenvalue weighted by molar-refractivity contribution is 0.145. The Balaban J connectivity index is 1.81. The lowest BCUT2D eigenvalue weighted by Gasteiger charge is -2.38. The number of hydrogen-bond acceptors (Lipinski definition) is 3. The molecule has 0 radical (unpaired) electrons. The van der Waals surface area contributed by atoms with Crippen molar-refractivity contribution in [3.8, 4) is 0 Å². The number of anilines is 1. The van der Waals surface area contributed by atoms with E-state index in [-0.39, 0.29) is 23.8 Å². The highest BCUT2D eigenvalue weighted by atomic mass is 19.1. The molecule has 0 aromatic heterocycles. The molecular weight excluding hydrogens is 327 g/mol. The number of benzene rings is 2. The van der Waals surface area contributed by atoms with Gasteiger partial charge in [-0.15, -0.1) is 0 Å². The second kappa shape index (κ2) is 7.01. The van der Waals surface area contributed by atoms with Crippen LogP contribution in [-0.2, 0) is 5.41 Å². The topological polar surface area (TPSA) is 49.5 Å². The summed E-state index contributed by atoms with van der Waals surface area (Å²) in [7, 11) is 0. The average molecular weight is 354 g/mol. The largest absolute Gasteiger partial charge is 0.389 e. The first-order valence-electron chi connectivity index (χ1n) is 9.64. The Morgan fingerprint density at radius 3 is 2.50 bits per heavy atom. The maximum Gasteiger partial charge on any atom is 0.123 e. The van der Waals surface area contributed by atoms with Gasteiger partial charge in [0.05, 0.1) is 12.1 Å². The molecule has 2 aromatic carbocycles. The van der Waals surface area contributed by atoms with Gasteiger partial charge in [0.15, 0.2) is 0 Å². The van der Waals surface area contributed by atoms with E-state index in [0.29, 0.717) is 0 Å². The third kappa shape index (κ3) is 2.91. The van der Waals surface area contributed by atoms with Gasteiger partial charge < -0.3 is 15.7 Å². The molecule has 1 heterocycles. The summed E-state index contributed by atoms with van der Waals surface area (Å²) in [6, 6.07) is 15.0. The molecule has 0 bridgehead atoms. The summed E-state index contributed by atoms with van der Waals surface area (Å²) in [5.41, 5.74) is 9.07. The van der Waals surface area contributed by atoms with Crippen molar-refractivity contribution in [3.63, 3.8) is 0 Å². The summed E-state index contributed by atoms with van der Waals surface area (Å²) in [6.45, 7) is 1.02. The van der Waals surface area contributed by atoms with Crippen LogP contribution in [0.3, 0.4) is 0 Å². The molecule has 0 amide bonds. The van der Waals surface area contributed by atoms with Gasteiger partial charge in [-0.05, 0) is 42.2 Å². The van der Waals surface area contributed by atoms with E-state index in [2.05, 4.69) is 4.90 Å². The van der Waals surface area contributed by atoms with Crippen molar-refractivity contribution in [2.45, 2.75) is 49.7 Å². The van der Waals surface area contributed by atoms with Crippen LogP contribution in [0.1, 0.15) is 49.3 Å². The number of aliphatic hydroxyl groups is 1. The van der Waals surface area contributed by atoms with Crippen molar-refractivity contribution >= 4 is 5.69 Å². The minimum atomic E-state index is -0.672. The molecule has 1 saturated carbocycles. The molecule has 0 saturated heterocycles. The summed E-state index contributed by atoms with van der Waals surface area (Å²) < 4.78 is 14.1. The summed E-state index contributed by atoms with van der Waals surface area (Å²) in [5, 5.41) is 10.8. The van der Waals surface area contributed by atoms with E-state index < -0.39 is 6.10 Å². The van der Waals surface area contributed by atoms with E-state index >= 15 is 0 Å². The van der Waals surface area contributed by atoms with Crippen LogP contribution in [0.4, 0.5) is 10.1 Å². The number of fused-ring (bicyclic) bond motifs is 2. The smallest absolute Gasteiger partial charge is 0.123 e. The minimum Gasteiger partial charge on any atom is -0.389 e. The van der Waals surface area contributed by atoms with E-state index in [4.69, 9.17) is 5.73 Å². The molecule has 1 spiro atoms. The zero-order valence-electron chi connectivity index (χ0n) is 15.1. The fourth-order valence-electron chi connectivity index (χ4n) is 4.97. The van der Waals surface area contributed by atoms with Crippen LogP contribution in [0.2, 0.25) is 0 Å². The van der Waals surface area contributed by atoms with Gasteiger partial charge in [0.2, 0.25) is 0 Å². The van der Waals surface area contributed by atoms with Crippen molar-refractivity contribution in [3.05, 3.63) is 65.5 Å². The molecule has 1 aliphatic heterocycles. The molecule has 1 fully saturated rings. The predicted molar refractivity (Wildman–Crippen MR) is 103 cm³/mol. The summed E-state index contributed by atoms with van der Waals surface area (Å²) >= 11 is 0. The third-order valence-electron chi connectivity index (χ3n) is 6.21. The summed E-state index contributed by atoms with van der Waals surface area (Å²) in [6.07, 6.45) is 5.10. The highest BCUT2D eigenvalue weighted by molar-refractivity contribution is 5.64. The quantitative estimate of drug-likeness (QED) is 0.875. The van der Waals surface area contributed by atoms with Gasteiger partial charge in [0.1, 0.15) is 5.82 Å². The Bertz CT molecular complexity index is 758. The summed E-state index contributed by atoms with van der Waals surface area (Å²) in [4.78, 5) is 2.27. The highest BCUT2D eigenvalue weighted by Crippen LogP contribution is 2.52. The van der Waals surface area contributed by atoms with Crippen LogP contribution in [0.15, 0.2) is 48.5 Å². The van der Waals surface area contributed by atoms with Crippen molar-refractivity contribution in [2.24, 2.45) is 5.73 Å². The standard InChI is InChI=1S/C22H27FN2O/c23-17-9-10-19-18(13-17)22(11-5-2-6-12-22)15-25(19)21(20(26)14-24)16-7-3-1-4-8-16/h1,3-4,7-10,13,20-21,26H,2,5-6,11-12,14-15,24H2. The highest BCUT2D eigenvalue weighted by Gasteiger charge is 2.46. The van der Waals surface area contributed by atoms with Crippen molar-refractivity contribution in [1.82, 2.24) is 0 Å². The minimum absolute atomic E-state index is 0.00294. The van der Waals surface area contributed by atoms with E-state index in [1.165, 1.54) is 25.3 Å². The maximum atomic E-state index is 14.1. The fraction of sp³-hybridized carbons (Fsp3) is 0.455. The number of rotatable bonds is 4. The lowest BCUT2D eigenvalue weighted by atomic mass is 9.71. The molecule has 1 aliphatic carbocycles. The number of halogens is 1. The normalized spacial score (nSPS) is 20.8. The second-order valence-corrected chi connectivity index (χ2v) is 7.79. The first-order valence-corrected chi connectivity index (χ1v) is 9.64. The van der Waals surface area contributed by atoms with Crippen molar-refractivity contribution in [2.75, 3.05) is 18.0 Å². The molecule has 4 heteroatoms. The Hall–Kier alpha value is -1.91. The molecular formula is C22H27FN2O. The molecule has 3 N–H and O–H groups in total. The zero-order valence-corrected chi connectivity index (χ0v) is 15.1. The molecule has 2 aliphatic rings. The van der Waals surface area contributed by atoms with Gasteiger partial charge in [0, 0.05) is 24.2 Å². The van der Waals surface area contributed by atoms with Crippen LogP contribution in [0, 0.1) is 5.82 Å². The Morgan fingerprint density at radius 2 is 1.81 bits per heavy atom. The van der Waals surface area contributed by atoms with Crippen LogP contribution in [0.5, 0.6) is 0 Å². The van der Waals surface area contributed by atoms with Gasteiger partial charge in [-0.1, -0.05) is 49.6 Å². The number of nitrogens with two attached hydrogens (primary N) is 1. The number of hydrogen-bond donors (Lipinski definition) is 2. The zero-order chi connectivity index (χ0) is 18.1. The van der Waals surface area contributed by atoms with E-state index in [1.807, 2.05) is 36.4 Å². The van der Waals surface area contributed by atoms with Crippen LogP contribution < -0.4 is 10.6 Å². The second-order valence-electron chi connectivity index (χ2n) is 7.79. The first-order chi connectivity index (χ1) is 12.6. The predicted octanol–water partition coefficient (Wildman–Crippen LogP) is 3.91. The fourth-order valence-corrected chi connectivity index (χ4v) is 4.97. The van der Waals surface area contributed by atoms with Gasteiger partial charge in [-0.2, -0.15) is 0 Å². The Kier molecular flexibility index (Phi) is 4.72. The van der Waals surface area contributed by atoms with Crippen molar-refractivity contribution in [1.29, 1.82) is 0 Å². The van der Waals surface area contributed by atoms with E-state index in [9.17, 15) is 9.50 Å². The lowest BCUT2D eigenvalue weighted by Crippen LogP contribution is -2.43. The number of aliphatic hydroxyl groups excluding tert-OH is 1. The van der Waals surface area contributed by atoms with Gasteiger partial charge in [-0.25, -0.2) is 4.39 Å². The van der Waals surface area contributed by atoms with Gasteiger partial charge in [-0.3, -0.25) is 0 Å². The third-order valence-corrected chi connectivity index (χ3v) is 6.21. The first kappa shape index (κ1) is 17.5. The summed E-state index contributed by atoms with van der Waals surface area (Å²) in [5.74, 6) is -0.175. The molecule has 26 heavy (non-hydrogen) atoms. The van der Waals surface area contributed by atoms with Crippen LogP contribution >= 0.6 is 0 Å².